The molecule has 0 aliphatic carbocycles. The van der Waals surface area contributed by atoms with Crippen LogP contribution < -0.4 is 0 Å². The second-order valence-corrected chi connectivity index (χ2v) is 4.45. The monoisotopic (exact) mass is 262 g/mol. The predicted octanol–water partition coefficient (Wildman–Crippen LogP) is 3.42. The van der Waals surface area contributed by atoms with Crippen LogP contribution in [0, 0.1) is 0 Å². The minimum absolute atomic E-state index is 0.264. The smallest absolute Gasteiger partial charge is 0.0515 e. The van der Waals surface area contributed by atoms with Gasteiger partial charge in [-0.3, -0.25) is 0 Å². The van der Waals surface area contributed by atoms with Crippen molar-refractivity contribution in [2.24, 2.45) is 0 Å². The standard InChI is InChI=1S/C10H12BrClO/c1-7(13)2-3-8-4-5-9(11)6-10(8)12/h4-7,13H,2-3H2,1H3/t7-/m1/s1. The summed E-state index contributed by atoms with van der Waals surface area (Å²) in [5, 5.41) is 9.87. The van der Waals surface area contributed by atoms with E-state index >= 15 is 0 Å². The zero-order chi connectivity index (χ0) is 9.84. The van der Waals surface area contributed by atoms with Gasteiger partial charge in [0.25, 0.3) is 0 Å². The van der Waals surface area contributed by atoms with E-state index in [1.165, 1.54) is 0 Å². The highest BCUT2D eigenvalue weighted by atomic mass is 79.9. The maximum absolute atomic E-state index is 9.11. The Balaban J connectivity index is 2.67. The van der Waals surface area contributed by atoms with Gasteiger partial charge in [0.2, 0.25) is 0 Å². The number of hydrogen-bond donors (Lipinski definition) is 1. The molecule has 3 heteroatoms. The van der Waals surface area contributed by atoms with Gasteiger partial charge in [0.1, 0.15) is 0 Å². The lowest BCUT2D eigenvalue weighted by Crippen LogP contribution is -2.01. The fourth-order valence-corrected chi connectivity index (χ4v) is 1.86. The predicted molar refractivity (Wildman–Crippen MR) is 59.2 cm³/mol. The second kappa shape index (κ2) is 4.99. The number of aryl methyl sites for hydroxylation is 1. The first-order chi connectivity index (χ1) is 6.09. The molecule has 0 aliphatic heterocycles. The first-order valence-corrected chi connectivity index (χ1v) is 5.38. The third kappa shape index (κ3) is 3.67. The molecular weight excluding hydrogens is 251 g/mol. The summed E-state index contributed by atoms with van der Waals surface area (Å²) in [7, 11) is 0. The van der Waals surface area contributed by atoms with Crippen LogP contribution in [0.3, 0.4) is 0 Å². The Kier molecular flexibility index (Phi) is 4.23. The van der Waals surface area contributed by atoms with Gasteiger partial charge in [-0.2, -0.15) is 0 Å². The van der Waals surface area contributed by atoms with Crippen LogP contribution in [-0.2, 0) is 6.42 Å². The highest BCUT2D eigenvalue weighted by Gasteiger charge is 2.02. The maximum atomic E-state index is 9.11. The van der Waals surface area contributed by atoms with Crippen LogP contribution in [0.4, 0.5) is 0 Å². The van der Waals surface area contributed by atoms with E-state index < -0.39 is 0 Å². The Morgan fingerprint density at radius 1 is 1.54 bits per heavy atom. The van der Waals surface area contributed by atoms with Crippen molar-refractivity contribution in [2.75, 3.05) is 0 Å². The van der Waals surface area contributed by atoms with Crippen molar-refractivity contribution in [1.82, 2.24) is 0 Å². The summed E-state index contributed by atoms with van der Waals surface area (Å²) in [4.78, 5) is 0. The first-order valence-electron chi connectivity index (χ1n) is 4.21. The number of aliphatic hydroxyl groups is 1. The van der Waals surface area contributed by atoms with E-state index in [1.807, 2.05) is 18.2 Å². The van der Waals surface area contributed by atoms with E-state index in [0.717, 1.165) is 27.9 Å². The molecule has 0 saturated heterocycles. The first kappa shape index (κ1) is 11.0. The van der Waals surface area contributed by atoms with E-state index in [0.29, 0.717) is 0 Å². The molecule has 1 nitrogen and oxygen atoms in total. The molecule has 0 spiro atoms. The minimum Gasteiger partial charge on any atom is -0.393 e. The Morgan fingerprint density at radius 3 is 2.77 bits per heavy atom. The largest absolute Gasteiger partial charge is 0.393 e. The molecule has 0 saturated carbocycles. The van der Waals surface area contributed by atoms with Gasteiger partial charge in [0.15, 0.2) is 0 Å². The second-order valence-electron chi connectivity index (χ2n) is 3.12. The summed E-state index contributed by atoms with van der Waals surface area (Å²) in [6, 6.07) is 5.82. The third-order valence-corrected chi connectivity index (χ3v) is 2.69. The number of aliphatic hydroxyl groups excluding tert-OH is 1. The quantitative estimate of drug-likeness (QED) is 0.886. The molecule has 0 amide bonds. The Morgan fingerprint density at radius 2 is 2.23 bits per heavy atom. The summed E-state index contributed by atoms with van der Waals surface area (Å²) in [6.07, 6.45) is 1.31. The molecule has 0 heterocycles. The zero-order valence-corrected chi connectivity index (χ0v) is 9.77. The molecule has 0 aromatic heterocycles. The zero-order valence-electron chi connectivity index (χ0n) is 7.43. The van der Waals surface area contributed by atoms with Crippen molar-refractivity contribution in [2.45, 2.75) is 25.9 Å². The summed E-state index contributed by atoms with van der Waals surface area (Å²) in [6.45, 7) is 1.78. The van der Waals surface area contributed by atoms with Crippen molar-refractivity contribution in [3.63, 3.8) is 0 Å². The highest BCUT2D eigenvalue weighted by Crippen LogP contribution is 2.22. The topological polar surface area (TPSA) is 20.2 Å². The Labute approximate surface area is 91.9 Å². The van der Waals surface area contributed by atoms with Crippen LogP contribution in [0.2, 0.25) is 5.02 Å². The van der Waals surface area contributed by atoms with E-state index in [9.17, 15) is 0 Å². The van der Waals surface area contributed by atoms with Crippen LogP contribution in [0.25, 0.3) is 0 Å². The van der Waals surface area contributed by atoms with Crippen molar-refractivity contribution in [3.05, 3.63) is 33.3 Å². The van der Waals surface area contributed by atoms with E-state index in [4.69, 9.17) is 16.7 Å². The molecule has 0 aliphatic rings. The van der Waals surface area contributed by atoms with Crippen LogP contribution >= 0.6 is 27.5 Å². The Bertz CT molecular complexity index is 286. The Hall–Kier alpha value is -0.0500. The van der Waals surface area contributed by atoms with Crippen molar-refractivity contribution >= 4 is 27.5 Å². The average Bonchev–Trinajstić information content (AvgIpc) is 2.02. The average molecular weight is 264 g/mol. The van der Waals surface area contributed by atoms with E-state index in [-0.39, 0.29) is 6.10 Å². The molecule has 72 valence electrons. The highest BCUT2D eigenvalue weighted by molar-refractivity contribution is 9.10. The fourth-order valence-electron chi connectivity index (χ4n) is 1.09. The van der Waals surface area contributed by atoms with Gasteiger partial charge in [-0.25, -0.2) is 0 Å². The van der Waals surface area contributed by atoms with E-state index in [2.05, 4.69) is 15.9 Å². The van der Waals surface area contributed by atoms with Gasteiger partial charge >= 0.3 is 0 Å². The summed E-state index contributed by atoms with van der Waals surface area (Å²) in [5.74, 6) is 0. The van der Waals surface area contributed by atoms with Gasteiger partial charge in [-0.1, -0.05) is 33.6 Å². The van der Waals surface area contributed by atoms with Crippen LogP contribution in [0.1, 0.15) is 18.9 Å². The van der Waals surface area contributed by atoms with Crippen LogP contribution in [-0.4, -0.2) is 11.2 Å². The molecule has 13 heavy (non-hydrogen) atoms. The maximum Gasteiger partial charge on any atom is 0.0515 e. The minimum atomic E-state index is -0.264. The molecule has 0 fully saturated rings. The van der Waals surface area contributed by atoms with Gasteiger partial charge in [0, 0.05) is 9.50 Å². The molecule has 0 bridgehead atoms. The van der Waals surface area contributed by atoms with Crippen molar-refractivity contribution in [3.8, 4) is 0 Å². The fraction of sp³-hybridized carbons (Fsp3) is 0.400. The van der Waals surface area contributed by atoms with Crippen LogP contribution in [0.5, 0.6) is 0 Å². The molecule has 1 rings (SSSR count). The van der Waals surface area contributed by atoms with Gasteiger partial charge in [-0.15, -0.1) is 0 Å². The van der Waals surface area contributed by atoms with Gasteiger partial charge in [0.05, 0.1) is 6.10 Å². The number of halogens is 2. The number of benzene rings is 1. The summed E-state index contributed by atoms with van der Waals surface area (Å²) in [5.41, 5.74) is 1.09. The van der Waals surface area contributed by atoms with Crippen LogP contribution in [0.15, 0.2) is 22.7 Å². The molecule has 1 atom stereocenters. The summed E-state index contributed by atoms with van der Waals surface area (Å²) < 4.78 is 0.985. The molecule has 0 radical (unpaired) electrons. The normalized spacial score (nSPS) is 12.9. The molecule has 0 unspecified atom stereocenters. The van der Waals surface area contributed by atoms with Gasteiger partial charge in [-0.05, 0) is 37.5 Å². The molecule has 1 aromatic rings. The molecule has 1 aromatic carbocycles. The molecule has 1 N–H and O–H groups in total. The lowest BCUT2D eigenvalue weighted by molar-refractivity contribution is 0.185. The molecular formula is C10H12BrClO. The number of rotatable bonds is 3. The number of hydrogen-bond acceptors (Lipinski definition) is 1. The lowest BCUT2D eigenvalue weighted by atomic mass is 10.1. The third-order valence-electron chi connectivity index (χ3n) is 1.85. The van der Waals surface area contributed by atoms with Crippen molar-refractivity contribution < 1.29 is 5.11 Å². The summed E-state index contributed by atoms with van der Waals surface area (Å²) >= 11 is 9.34. The lowest BCUT2D eigenvalue weighted by Gasteiger charge is -2.06. The van der Waals surface area contributed by atoms with E-state index in [1.54, 1.807) is 6.92 Å². The SMILES string of the molecule is C[C@@H](O)CCc1ccc(Br)cc1Cl. The van der Waals surface area contributed by atoms with Crippen molar-refractivity contribution in [1.29, 1.82) is 0 Å². The van der Waals surface area contributed by atoms with Gasteiger partial charge < -0.3 is 5.11 Å².